The lowest BCUT2D eigenvalue weighted by Crippen LogP contribution is -2.19. The summed E-state index contributed by atoms with van der Waals surface area (Å²) in [7, 11) is 0. The van der Waals surface area contributed by atoms with Crippen molar-refractivity contribution in [3.8, 4) is 11.1 Å². The molecular weight excluding hydrogens is 344 g/mol. The van der Waals surface area contributed by atoms with Crippen molar-refractivity contribution >= 4 is 17.3 Å². The molecule has 1 aliphatic rings. The van der Waals surface area contributed by atoms with Crippen LogP contribution < -0.4 is 5.32 Å². The molecule has 1 aliphatic carbocycles. The van der Waals surface area contributed by atoms with Crippen LogP contribution in [0.4, 0.5) is 11.4 Å². The van der Waals surface area contributed by atoms with Crippen LogP contribution in [0.15, 0.2) is 72.8 Å². The Labute approximate surface area is 155 Å². The Morgan fingerprint density at radius 2 is 1.48 bits per heavy atom. The molecule has 4 rings (SSSR count). The molecule has 0 unspecified atom stereocenters. The normalized spacial score (nSPS) is 12.1. The van der Waals surface area contributed by atoms with Gasteiger partial charge in [0.25, 0.3) is 5.69 Å². The number of fused-ring (bicyclic) bond motifs is 3. The van der Waals surface area contributed by atoms with E-state index in [4.69, 9.17) is 4.74 Å². The summed E-state index contributed by atoms with van der Waals surface area (Å²) in [6, 6.07) is 21.8. The number of nitro benzene ring substituents is 1. The Kier molecular flexibility index (Phi) is 4.30. The quantitative estimate of drug-likeness (QED) is 0.416. The molecule has 6 nitrogen and oxygen atoms in total. The monoisotopic (exact) mass is 360 g/mol. The van der Waals surface area contributed by atoms with Crippen molar-refractivity contribution in [3.05, 3.63) is 94.0 Å². The van der Waals surface area contributed by atoms with Crippen LogP contribution in [-0.2, 0) is 9.53 Å². The van der Waals surface area contributed by atoms with Crippen molar-refractivity contribution in [2.24, 2.45) is 0 Å². The number of nitro groups is 1. The second-order valence-corrected chi connectivity index (χ2v) is 6.17. The lowest BCUT2D eigenvalue weighted by Gasteiger charge is -2.15. The smallest absolute Gasteiger partial charge is 0.326 e. The van der Waals surface area contributed by atoms with Gasteiger partial charge in [0.15, 0.2) is 6.10 Å². The van der Waals surface area contributed by atoms with Crippen LogP contribution in [0, 0.1) is 10.1 Å². The van der Waals surface area contributed by atoms with Crippen LogP contribution in [0.1, 0.15) is 17.2 Å². The largest absolute Gasteiger partial charge is 0.451 e. The van der Waals surface area contributed by atoms with Gasteiger partial charge < -0.3 is 10.1 Å². The van der Waals surface area contributed by atoms with Crippen LogP contribution in [0.25, 0.3) is 11.1 Å². The number of carbonyl (C=O) groups is 1. The van der Waals surface area contributed by atoms with Crippen LogP contribution in [0.3, 0.4) is 0 Å². The average molecular weight is 360 g/mol. The summed E-state index contributed by atoms with van der Waals surface area (Å²) in [4.78, 5) is 23.0. The number of hydrogen-bond donors (Lipinski definition) is 1. The summed E-state index contributed by atoms with van der Waals surface area (Å²) in [5, 5.41) is 13.9. The number of benzene rings is 3. The first-order chi connectivity index (χ1) is 13.1. The highest BCUT2D eigenvalue weighted by Crippen LogP contribution is 2.45. The Balaban J connectivity index is 1.52. The lowest BCUT2D eigenvalue weighted by atomic mass is 10.1. The topological polar surface area (TPSA) is 81.5 Å². The molecule has 27 heavy (non-hydrogen) atoms. The van der Waals surface area contributed by atoms with E-state index < -0.39 is 17.0 Å². The molecule has 0 heterocycles. The maximum absolute atomic E-state index is 12.4. The first-order valence-electron chi connectivity index (χ1n) is 8.50. The molecule has 0 amide bonds. The third-order valence-electron chi connectivity index (χ3n) is 4.55. The molecule has 1 N–H and O–H groups in total. The molecule has 3 aromatic carbocycles. The van der Waals surface area contributed by atoms with Crippen molar-refractivity contribution in [2.75, 3.05) is 11.9 Å². The van der Waals surface area contributed by atoms with Crippen molar-refractivity contribution < 1.29 is 14.5 Å². The van der Waals surface area contributed by atoms with Crippen LogP contribution in [0.2, 0.25) is 0 Å². The third-order valence-corrected chi connectivity index (χ3v) is 4.55. The van der Waals surface area contributed by atoms with Gasteiger partial charge in [0.2, 0.25) is 0 Å². The number of hydrogen-bond acceptors (Lipinski definition) is 5. The molecule has 6 heteroatoms. The predicted molar refractivity (Wildman–Crippen MR) is 101 cm³/mol. The molecule has 0 saturated heterocycles. The van der Waals surface area contributed by atoms with E-state index >= 15 is 0 Å². The number of nitrogens with zero attached hydrogens (tertiary/aromatic N) is 1. The fourth-order valence-corrected chi connectivity index (χ4v) is 3.36. The number of nitrogens with one attached hydrogen (secondary N) is 1. The molecular formula is C21H16N2O4. The second kappa shape index (κ2) is 6.92. The number of carbonyl (C=O) groups excluding carboxylic acids is 1. The highest BCUT2D eigenvalue weighted by Gasteiger charge is 2.30. The molecule has 3 aromatic rings. The number of esters is 1. The van der Waals surface area contributed by atoms with E-state index in [0.717, 1.165) is 22.3 Å². The van der Waals surface area contributed by atoms with Gasteiger partial charge in [0.1, 0.15) is 12.2 Å². The zero-order valence-electron chi connectivity index (χ0n) is 14.3. The van der Waals surface area contributed by atoms with E-state index in [9.17, 15) is 14.9 Å². The first kappa shape index (κ1) is 16.8. The Bertz CT molecular complexity index is 986. The highest BCUT2D eigenvalue weighted by molar-refractivity contribution is 5.81. The minimum atomic E-state index is -0.489. The van der Waals surface area contributed by atoms with Crippen molar-refractivity contribution in [1.82, 2.24) is 0 Å². The van der Waals surface area contributed by atoms with Crippen molar-refractivity contribution in [1.29, 1.82) is 0 Å². The minimum Gasteiger partial charge on any atom is -0.451 e. The maximum atomic E-state index is 12.4. The number of ether oxygens (including phenoxy) is 1. The fraction of sp³-hybridized carbons (Fsp3) is 0.0952. The molecule has 0 fully saturated rings. The Morgan fingerprint density at radius 3 is 2.11 bits per heavy atom. The molecule has 0 saturated carbocycles. The number of rotatable bonds is 5. The predicted octanol–water partition coefficient (Wildman–Crippen LogP) is 4.32. The van der Waals surface area contributed by atoms with E-state index in [0.29, 0.717) is 0 Å². The van der Waals surface area contributed by atoms with Gasteiger partial charge in [0.05, 0.1) is 4.92 Å². The van der Waals surface area contributed by atoms with Gasteiger partial charge in [-0.05, 0) is 17.2 Å². The van der Waals surface area contributed by atoms with Crippen molar-refractivity contribution in [2.45, 2.75) is 6.10 Å². The Morgan fingerprint density at radius 1 is 0.926 bits per heavy atom. The van der Waals surface area contributed by atoms with Gasteiger partial charge in [-0.2, -0.15) is 0 Å². The second-order valence-electron chi connectivity index (χ2n) is 6.17. The summed E-state index contributed by atoms with van der Waals surface area (Å²) in [5.74, 6) is -0.482. The lowest BCUT2D eigenvalue weighted by molar-refractivity contribution is -0.383. The maximum Gasteiger partial charge on any atom is 0.326 e. The minimum absolute atomic E-state index is 0.0816. The summed E-state index contributed by atoms with van der Waals surface area (Å²) >= 11 is 0. The van der Waals surface area contributed by atoms with E-state index in [2.05, 4.69) is 5.32 Å². The van der Waals surface area contributed by atoms with Gasteiger partial charge in [0, 0.05) is 17.2 Å². The molecule has 0 aromatic heterocycles. The SMILES string of the molecule is O=C(CNc1ccccc1[N+](=O)[O-])OC1c2ccccc2-c2ccccc21. The van der Waals surface area contributed by atoms with Crippen LogP contribution >= 0.6 is 0 Å². The average Bonchev–Trinajstić information content (AvgIpc) is 3.01. The van der Waals surface area contributed by atoms with Crippen LogP contribution in [-0.4, -0.2) is 17.4 Å². The number of para-hydroxylation sites is 2. The molecule has 134 valence electrons. The van der Waals surface area contributed by atoms with Crippen LogP contribution in [0.5, 0.6) is 0 Å². The van der Waals surface area contributed by atoms with Gasteiger partial charge in [-0.3, -0.25) is 14.9 Å². The molecule has 0 aliphatic heterocycles. The summed E-state index contributed by atoms with van der Waals surface area (Å²) in [5.41, 5.74) is 4.19. The molecule has 0 spiro atoms. The van der Waals surface area contributed by atoms with E-state index in [1.165, 1.54) is 6.07 Å². The van der Waals surface area contributed by atoms with E-state index in [1.807, 2.05) is 48.5 Å². The highest BCUT2D eigenvalue weighted by atomic mass is 16.6. The zero-order chi connectivity index (χ0) is 18.8. The standard InChI is InChI=1S/C21H16N2O4/c24-20(13-22-18-11-5-6-12-19(18)23(25)26)27-21-16-9-3-1-7-14(16)15-8-2-4-10-17(15)21/h1-12,21-22H,13H2. The molecule has 0 radical (unpaired) electrons. The Hall–Kier alpha value is -3.67. The fourth-order valence-electron chi connectivity index (χ4n) is 3.36. The van der Waals surface area contributed by atoms with Gasteiger partial charge in [-0.15, -0.1) is 0 Å². The molecule has 0 atom stereocenters. The first-order valence-corrected chi connectivity index (χ1v) is 8.50. The molecule has 0 bridgehead atoms. The van der Waals surface area contributed by atoms with Gasteiger partial charge >= 0.3 is 5.97 Å². The van der Waals surface area contributed by atoms with Gasteiger partial charge in [-0.1, -0.05) is 60.7 Å². The van der Waals surface area contributed by atoms with Crippen molar-refractivity contribution in [3.63, 3.8) is 0 Å². The summed E-state index contributed by atoms with van der Waals surface area (Å²) < 4.78 is 5.72. The summed E-state index contributed by atoms with van der Waals surface area (Å²) in [6.07, 6.45) is -0.475. The van der Waals surface area contributed by atoms with E-state index in [-0.39, 0.29) is 17.9 Å². The van der Waals surface area contributed by atoms with E-state index in [1.54, 1.807) is 18.2 Å². The van der Waals surface area contributed by atoms with Gasteiger partial charge in [-0.25, -0.2) is 0 Å². The summed E-state index contributed by atoms with van der Waals surface area (Å²) in [6.45, 7) is -0.161. The zero-order valence-corrected chi connectivity index (χ0v) is 14.3. The number of anilines is 1. The third kappa shape index (κ3) is 3.13.